The lowest BCUT2D eigenvalue weighted by Gasteiger charge is -2.05. The van der Waals surface area contributed by atoms with Crippen molar-refractivity contribution in [2.75, 3.05) is 4.72 Å². The second-order valence-electron chi connectivity index (χ2n) is 3.34. The first-order valence-corrected chi connectivity index (χ1v) is 6.03. The van der Waals surface area contributed by atoms with E-state index >= 15 is 0 Å². The standard InChI is InChI=1S/C8H11N5O2S/c1-5-8(6(2)11-10-5)13-16(14,15)7-3-4-9-12-7/h3-4,13H,1-2H3,(H,9,12)(H,10,11). The molecule has 0 spiro atoms. The quantitative estimate of drug-likeness (QED) is 0.730. The van der Waals surface area contributed by atoms with Gasteiger partial charge in [0.1, 0.15) is 0 Å². The number of aromatic amines is 2. The summed E-state index contributed by atoms with van der Waals surface area (Å²) in [6.45, 7) is 3.46. The number of aryl methyl sites for hydroxylation is 2. The summed E-state index contributed by atoms with van der Waals surface area (Å²) in [5, 5.41) is 12.6. The first-order valence-electron chi connectivity index (χ1n) is 4.54. The Morgan fingerprint density at radius 3 is 2.56 bits per heavy atom. The molecule has 0 atom stereocenters. The predicted molar refractivity (Wildman–Crippen MR) is 57.5 cm³/mol. The molecule has 2 rings (SSSR count). The first-order chi connectivity index (χ1) is 7.50. The summed E-state index contributed by atoms with van der Waals surface area (Å²) in [4.78, 5) is 0. The van der Waals surface area contributed by atoms with Crippen molar-refractivity contribution in [2.24, 2.45) is 0 Å². The van der Waals surface area contributed by atoms with Gasteiger partial charge in [0, 0.05) is 0 Å². The molecule has 2 aromatic heterocycles. The summed E-state index contributed by atoms with van der Waals surface area (Å²) in [5.41, 5.74) is 1.73. The van der Waals surface area contributed by atoms with E-state index in [1.165, 1.54) is 12.3 Å². The van der Waals surface area contributed by atoms with Gasteiger partial charge in [-0.25, -0.2) is 0 Å². The summed E-state index contributed by atoms with van der Waals surface area (Å²) in [6, 6.07) is 1.38. The molecule has 0 aliphatic rings. The van der Waals surface area contributed by atoms with Crippen LogP contribution in [0.2, 0.25) is 0 Å². The Kier molecular flexibility index (Phi) is 2.43. The Bertz CT molecular complexity index is 564. The smallest absolute Gasteiger partial charge is 0.278 e. The van der Waals surface area contributed by atoms with Gasteiger partial charge >= 0.3 is 0 Å². The van der Waals surface area contributed by atoms with Crippen LogP contribution in [0.5, 0.6) is 0 Å². The Balaban J connectivity index is 2.36. The molecule has 86 valence electrons. The van der Waals surface area contributed by atoms with Crippen LogP contribution in [0.4, 0.5) is 5.69 Å². The topological polar surface area (TPSA) is 104 Å². The van der Waals surface area contributed by atoms with Crippen molar-refractivity contribution in [3.05, 3.63) is 23.7 Å². The minimum absolute atomic E-state index is 0.0208. The normalized spacial score (nSPS) is 11.6. The Hall–Kier alpha value is -1.83. The maximum atomic E-state index is 11.8. The summed E-state index contributed by atoms with van der Waals surface area (Å²) >= 11 is 0. The zero-order chi connectivity index (χ0) is 11.8. The van der Waals surface area contributed by atoms with Crippen LogP contribution in [0.1, 0.15) is 11.4 Å². The monoisotopic (exact) mass is 241 g/mol. The number of rotatable bonds is 3. The third-order valence-corrected chi connectivity index (χ3v) is 3.41. The number of hydrogen-bond donors (Lipinski definition) is 3. The molecule has 8 heteroatoms. The van der Waals surface area contributed by atoms with Crippen molar-refractivity contribution in [2.45, 2.75) is 18.9 Å². The van der Waals surface area contributed by atoms with Crippen molar-refractivity contribution < 1.29 is 8.42 Å². The van der Waals surface area contributed by atoms with E-state index in [1.807, 2.05) is 0 Å². The molecule has 7 nitrogen and oxygen atoms in total. The Morgan fingerprint density at radius 1 is 1.31 bits per heavy atom. The largest absolute Gasteiger partial charge is 0.280 e. The number of sulfonamides is 1. The molecular weight excluding hydrogens is 230 g/mol. The molecule has 0 amide bonds. The lowest BCUT2D eigenvalue weighted by atomic mass is 10.3. The van der Waals surface area contributed by atoms with E-state index in [0.717, 1.165) is 0 Å². The number of anilines is 1. The molecule has 3 N–H and O–H groups in total. The van der Waals surface area contributed by atoms with E-state index in [-0.39, 0.29) is 5.03 Å². The molecule has 0 aromatic carbocycles. The number of aromatic nitrogens is 4. The van der Waals surface area contributed by atoms with Crippen LogP contribution in [0.3, 0.4) is 0 Å². The highest BCUT2D eigenvalue weighted by Crippen LogP contribution is 2.19. The maximum absolute atomic E-state index is 11.8. The molecule has 0 saturated carbocycles. The molecule has 2 aromatic rings. The van der Waals surface area contributed by atoms with Crippen LogP contribution >= 0.6 is 0 Å². The second-order valence-corrected chi connectivity index (χ2v) is 4.99. The fourth-order valence-electron chi connectivity index (χ4n) is 1.28. The van der Waals surface area contributed by atoms with Gasteiger partial charge in [0.15, 0.2) is 5.03 Å². The van der Waals surface area contributed by atoms with Crippen LogP contribution in [0.15, 0.2) is 17.3 Å². The van der Waals surface area contributed by atoms with Gasteiger partial charge in [-0.3, -0.25) is 14.9 Å². The van der Waals surface area contributed by atoms with Gasteiger partial charge in [0.2, 0.25) is 0 Å². The highest BCUT2D eigenvalue weighted by atomic mass is 32.2. The number of nitrogens with zero attached hydrogens (tertiary/aromatic N) is 2. The number of H-pyrrole nitrogens is 2. The average Bonchev–Trinajstić information content (AvgIpc) is 2.83. The summed E-state index contributed by atoms with van der Waals surface area (Å²) in [6.07, 6.45) is 1.38. The van der Waals surface area contributed by atoms with Gasteiger partial charge in [0.25, 0.3) is 10.0 Å². The minimum atomic E-state index is -3.61. The third kappa shape index (κ3) is 1.78. The average molecular weight is 241 g/mol. The molecule has 0 radical (unpaired) electrons. The van der Waals surface area contributed by atoms with Crippen molar-refractivity contribution in [3.8, 4) is 0 Å². The molecular formula is C8H11N5O2S. The highest BCUT2D eigenvalue weighted by Gasteiger charge is 2.18. The van der Waals surface area contributed by atoms with E-state index in [1.54, 1.807) is 13.8 Å². The first kappa shape index (κ1) is 10.7. The van der Waals surface area contributed by atoms with Crippen LogP contribution < -0.4 is 4.72 Å². The van der Waals surface area contributed by atoms with Crippen LogP contribution in [-0.4, -0.2) is 28.8 Å². The summed E-state index contributed by atoms with van der Waals surface area (Å²) in [5.74, 6) is 0. The zero-order valence-electron chi connectivity index (χ0n) is 8.77. The second kappa shape index (κ2) is 3.63. The van der Waals surface area contributed by atoms with Crippen LogP contribution in [0, 0.1) is 13.8 Å². The van der Waals surface area contributed by atoms with Gasteiger partial charge in [0.05, 0.1) is 23.3 Å². The molecule has 0 aliphatic carbocycles. The number of hydrogen-bond acceptors (Lipinski definition) is 4. The summed E-state index contributed by atoms with van der Waals surface area (Å²) < 4.78 is 26.1. The molecule has 0 fully saturated rings. The molecule has 2 heterocycles. The maximum Gasteiger partial charge on any atom is 0.278 e. The van der Waals surface area contributed by atoms with Crippen LogP contribution in [-0.2, 0) is 10.0 Å². The zero-order valence-corrected chi connectivity index (χ0v) is 9.59. The fraction of sp³-hybridized carbons (Fsp3) is 0.250. The Labute approximate surface area is 92.3 Å². The molecule has 0 saturated heterocycles. The van der Waals surface area contributed by atoms with E-state index in [9.17, 15) is 8.42 Å². The van der Waals surface area contributed by atoms with E-state index in [4.69, 9.17) is 0 Å². The van der Waals surface area contributed by atoms with E-state index < -0.39 is 10.0 Å². The summed E-state index contributed by atoms with van der Waals surface area (Å²) in [7, 11) is -3.61. The molecule has 0 unspecified atom stereocenters. The van der Waals surface area contributed by atoms with Gasteiger partial charge in [-0.1, -0.05) is 0 Å². The van der Waals surface area contributed by atoms with E-state index in [0.29, 0.717) is 17.1 Å². The van der Waals surface area contributed by atoms with Gasteiger partial charge < -0.3 is 0 Å². The van der Waals surface area contributed by atoms with Crippen molar-refractivity contribution in [1.82, 2.24) is 20.4 Å². The van der Waals surface area contributed by atoms with E-state index in [2.05, 4.69) is 25.1 Å². The SMILES string of the molecule is Cc1n[nH]c(C)c1NS(=O)(=O)c1ccn[nH]1. The van der Waals surface area contributed by atoms with Gasteiger partial charge in [-0.15, -0.1) is 0 Å². The third-order valence-electron chi connectivity index (χ3n) is 2.13. The number of nitrogens with one attached hydrogen (secondary N) is 3. The minimum Gasteiger partial charge on any atom is -0.280 e. The molecule has 0 aliphatic heterocycles. The van der Waals surface area contributed by atoms with Crippen molar-refractivity contribution in [1.29, 1.82) is 0 Å². The predicted octanol–water partition coefficient (Wildman–Crippen LogP) is 0.550. The highest BCUT2D eigenvalue weighted by molar-refractivity contribution is 7.92. The molecule has 16 heavy (non-hydrogen) atoms. The lowest BCUT2D eigenvalue weighted by Crippen LogP contribution is -2.14. The van der Waals surface area contributed by atoms with Crippen molar-refractivity contribution in [3.63, 3.8) is 0 Å². The van der Waals surface area contributed by atoms with Gasteiger partial charge in [-0.2, -0.15) is 18.6 Å². The van der Waals surface area contributed by atoms with Crippen LogP contribution in [0.25, 0.3) is 0 Å². The fourth-order valence-corrected chi connectivity index (χ4v) is 2.38. The lowest BCUT2D eigenvalue weighted by molar-refractivity contribution is 0.597. The van der Waals surface area contributed by atoms with Gasteiger partial charge in [-0.05, 0) is 19.9 Å². The van der Waals surface area contributed by atoms with Crippen molar-refractivity contribution >= 4 is 15.7 Å². The Morgan fingerprint density at radius 2 is 2.06 bits per heavy atom. The molecule has 0 bridgehead atoms.